The SMILES string of the molecule is Cc1coc(Sc2nccc(C)c2C(=N)N)n1. The number of nitrogen functional groups attached to an aromatic ring is 1. The van der Waals surface area contributed by atoms with Crippen LogP contribution in [0.4, 0.5) is 0 Å². The number of pyridine rings is 1. The van der Waals surface area contributed by atoms with Gasteiger partial charge in [-0.3, -0.25) is 5.41 Å². The third kappa shape index (κ3) is 2.47. The molecule has 0 aromatic carbocycles. The Bertz CT molecular complexity index is 564. The van der Waals surface area contributed by atoms with Crippen LogP contribution in [0.25, 0.3) is 0 Å². The Kier molecular flexibility index (Phi) is 3.14. The van der Waals surface area contributed by atoms with Crippen molar-refractivity contribution < 1.29 is 4.42 Å². The Morgan fingerprint density at radius 1 is 1.47 bits per heavy atom. The minimum absolute atomic E-state index is 0.00128. The van der Waals surface area contributed by atoms with E-state index in [2.05, 4.69) is 9.97 Å². The standard InChI is InChI=1S/C11H12N4OS/c1-6-3-4-14-10(8(6)9(12)13)17-11-15-7(2)5-16-11/h3-5H,1-2H3,(H3,12,13). The average Bonchev–Trinajstić information content (AvgIpc) is 2.63. The number of nitrogens with two attached hydrogens (primary N) is 1. The van der Waals surface area contributed by atoms with Crippen LogP contribution < -0.4 is 5.73 Å². The number of aromatic nitrogens is 2. The summed E-state index contributed by atoms with van der Waals surface area (Å²) in [6.45, 7) is 3.74. The van der Waals surface area contributed by atoms with Crippen molar-refractivity contribution in [3.63, 3.8) is 0 Å². The van der Waals surface area contributed by atoms with Gasteiger partial charge in [-0.25, -0.2) is 9.97 Å². The van der Waals surface area contributed by atoms with Crippen molar-refractivity contribution in [2.24, 2.45) is 5.73 Å². The molecule has 17 heavy (non-hydrogen) atoms. The van der Waals surface area contributed by atoms with Crippen LogP contribution >= 0.6 is 11.8 Å². The van der Waals surface area contributed by atoms with Gasteiger partial charge in [0.15, 0.2) is 0 Å². The average molecular weight is 248 g/mol. The van der Waals surface area contributed by atoms with Gasteiger partial charge in [-0.2, -0.15) is 0 Å². The van der Waals surface area contributed by atoms with E-state index in [-0.39, 0.29) is 5.84 Å². The molecule has 0 spiro atoms. The van der Waals surface area contributed by atoms with Crippen LogP contribution in [0.15, 0.2) is 33.2 Å². The molecule has 88 valence electrons. The summed E-state index contributed by atoms with van der Waals surface area (Å²) in [6, 6.07) is 1.82. The summed E-state index contributed by atoms with van der Waals surface area (Å²) in [7, 11) is 0. The largest absolute Gasteiger partial charge is 0.439 e. The smallest absolute Gasteiger partial charge is 0.262 e. The lowest BCUT2D eigenvalue weighted by Crippen LogP contribution is -2.14. The Morgan fingerprint density at radius 3 is 2.82 bits per heavy atom. The van der Waals surface area contributed by atoms with E-state index in [1.165, 1.54) is 11.8 Å². The molecular formula is C11H12N4OS. The number of nitrogens with zero attached hydrogens (tertiary/aromatic N) is 2. The highest BCUT2D eigenvalue weighted by Crippen LogP contribution is 2.29. The molecule has 2 heterocycles. The summed E-state index contributed by atoms with van der Waals surface area (Å²) < 4.78 is 5.24. The van der Waals surface area contributed by atoms with E-state index < -0.39 is 0 Å². The highest BCUT2D eigenvalue weighted by atomic mass is 32.2. The maximum atomic E-state index is 7.56. The van der Waals surface area contributed by atoms with Gasteiger partial charge in [0.05, 0.1) is 11.3 Å². The van der Waals surface area contributed by atoms with E-state index in [1.54, 1.807) is 12.5 Å². The summed E-state index contributed by atoms with van der Waals surface area (Å²) in [5.74, 6) is 0.00128. The quantitative estimate of drug-likeness (QED) is 0.641. The summed E-state index contributed by atoms with van der Waals surface area (Å²) in [5.41, 5.74) is 7.91. The number of amidine groups is 1. The van der Waals surface area contributed by atoms with Crippen molar-refractivity contribution in [2.75, 3.05) is 0 Å². The second-order valence-electron chi connectivity index (χ2n) is 3.58. The maximum absolute atomic E-state index is 7.56. The van der Waals surface area contributed by atoms with E-state index in [1.807, 2.05) is 19.9 Å². The third-order valence-electron chi connectivity index (χ3n) is 2.18. The van der Waals surface area contributed by atoms with Crippen LogP contribution in [-0.2, 0) is 0 Å². The number of hydrogen-bond donors (Lipinski definition) is 2. The molecule has 0 saturated heterocycles. The second kappa shape index (κ2) is 4.58. The number of rotatable bonds is 3. The molecule has 2 aromatic heterocycles. The van der Waals surface area contributed by atoms with E-state index in [9.17, 15) is 0 Å². The van der Waals surface area contributed by atoms with Gasteiger partial charge in [-0.1, -0.05) is 0 Å². The zero-order chi connectivity index (χ0) is 12.4. The van der Waals surface area contributed by atoms with Crippen LogP contribution in [0.1, 0.15) is 16.8 Å². The predicted octanol–water partition coefficient (Wildman–Crippen LogP) is 2.12. The molecule has 0 amide bonds. The molecule has 2 rings (SSSR count). The first-order valence-corrected chi connectivity index (χ1v) is 5.79. The summed E-state index contributed by atoms with van der Waals surface area (Å²) in [5, 5.41) is 8.70. The predicted molar refractivity (Wildman–Crippen MR) is 65.4 cm³/mol. The number of aryl methyl sites for hydroxylation is 2. The van der Waals surface area contributed by atoms with Gasteiger partial charge >= 0.3 is 0 Å². The molecule has 6 heteroatoms. The van der Waals surface area contributed by atoms with Crippen LogP contribution in [0.3, 0.4) is 0 Å². The van der Waals surface area contributed by atoms with Gasteiger partial charge in [0.1, 0.15) is 17.1 Å². The Morgan fingerprint density at radius 2 is 2.24 bits per heavy atom. The minimum atomic E-state index is 0.00128. The van der Waals surface area contributed by atoms with Crippen LogP contribution in [0.2, 0.25) is 0 Å². The second-order valence-corrected chi connectivity index (χ2v) is 4.52. The minimum Gasteiger partial charge on any atom is -0.439 e. The molecule has 0 aliphatic carbocycles. The molecule has 2 aromatic rings. The molecule has 0 unspecified atom stereocenters. The maximum Gasteiger partial charge on any atom is 0.262 e. The van der Waals surface area contributed by atoms with Gasteiger partial charge in [0.25, 0.3) is 5.22 Å². The van der Waals surface area contributed by atoms with E-state index in [4.69, 9.17) is 15.6 Å². The molecule has 3 N–H and O–H groups in total. The third-order valence-corrected chi connectivity index (χ3v) is 3.04. The van der Waals surface area contributed by atoms with Gasteiger partial charge in [-0.15, -0.1) is 0 Å². The van der Waals surface area contributed by atoms with Gasteiger partial charge in [0, 0.05) is 6.20 Å². The molecule has 0 fully saturated rings. The Hall–Kier alpha value is -1.82. The van der Waals surface area contributed by atoms with Crippen LogP contribution in [-0.4, -0.2) is 15.8 Å². The fourth-order valence-electron chi connectivity index (χ4n) is 1.40. The molecule has 0 atom stereocenters. The summed E-state index contributed by atoms with van der Waals surface area (Å²) >= 11 is 1.27. The van der Waals surface area contributed by atoms with E-state index >= 15 is 0 Å². The first kappa shape index (κ1) is 11.7. The van der Waals surface area contributed by atoms with Crippen molar-refractivity contribution in [3.8, 4) is 0 Å². The lowest BCUT2D eigenvalue weighted by atomic mass is 10.1. The molecule has 0 bridgehead atoms. The fourth-order valence-corrected chi connectivity index (χ4v) is 2.34. The molecule has 0 aliphatic heterocycles. The monoisotopic (exact) mass is 248 g/mol. The first-order chi connectivity index (χ1) is 8.08. The van der Waals surface area contributed by atoms with Gasteiger partial charge in [0.2, 0.25) is 0 Å². The van der Waals surface area contributed by atoms with Gasteiger partial charge in [-0.05, 0) is 37.2 Å². The Balaban J connectivity index is 2.39. The van der Waals surface area contributed by atoms with Gasteiger partial charge < -0.3 is 10.2 Å². The molecular weight excluding hydrogens is 236 g/mol. The number of hydrogen-bond acceptors (Lipinski definition) is 5. The van der Waals surface area contributed by atoms with Crippen molar-refractivity contribution in [2.45, 2.75) is 24.1 Å². The molecule has 0 saturated carbocycles. The Labute approximate surface area is 103 Å². The molecule has 0 radical (unpaired) electrons. The number of nitrogens with one attached hydrogen (secondary N) is 1. The van der Waals surface area contributed by atoms with Crippen molar-refractivity contribution in [1.82, 2.24) is 9.97 Å². The van der Waals surface area contributed by atoms with Crippen molar-refractivity contribution >= 4 is 17.6 Å². The summed E-state index contributed by atoms with van der Waals surface area (Å²) in [6.07, 6.45) is 3.26. The zero-order valence-electron chi connectivity index (χ0n) is 9.52. The number of oxazole rings is 1. The summed E-state index contributed by atoms with van der Waals surface area (Å²) in [4.78, 5) is 8.39. The fraction of sp³-hybridized carbons (Fsp3) is 0.182. The van der Waals surface area contributed by atoms with Crippen LogP contribution in [0.5, 0.6) is 0 Å². The highest BCUT2D eigenvalue weighted by Gasteiger charge is 2.13. The molecule has 5 nitrogen and oxygen atoms in total. The van der Waals surface area contributed by atoms with E-state index in [0.29, 0.717) is 15.8 Å². The van der Waals surface area contributed by atoms with Crippen molar-refractivity contribution in [3.05, 3.63) is 35.3 Å². The highest BCUT2D eigenvalue weighted by molar-refractivity contribution is 7.99. The van der Waals surface area contributed by atoms with Crippen LogP contribution in [0, 0.1) is 19.3 Å². The first-order valence-electron chi connectivity index (χ1n) is 4.98. The topological polar surface area (TPSA) is 88.8 Å². The van der Waals surface area contributed by atoms with Crippen molar-refractivity contribution in [1.29, 1.82) is 5.41 Å². The lowest BCUT2D eigenvalue weighted by molar-refractivity contribution is 0.453. The molecule has 0 aliphatic rings. The van der Waals surface area contributed by atoms with E-state index in [0.717, 1.165) is 11.3 Å². The lowest BCUT2D eigenvalue weighted by Gasteiger charge is -2.07. The zero-order valence-corrected chi connectivity index (χ0v) is 10.3. The normalized spacial score (nSPS) is 10.5.